The number of alkyl halides is 1. The van der Waals surface area contributed by atoms with E-state index < -0.39 is 47.7 Å². The molecule has 4 N–H and O–H groups in total. The molecule has 8 rings (SSSR count). The molecule has 4 aromatic carbocycles. The van der Waals surface area contributed by atoms with Crippen LogP contribution < -0.4 is 54.2 Å². The van der Waals surface area contributed by atoms with E-state index in [1.54, 1.807) is 60.1 Å². The Hall–Kier alpha value is -8.86. The molecule has 0 saturated carbocycles. The molecule has 0 radical (unpaired) electrons. The standard InChI is InChI=1S/C19H22N2O4.C17H18N2O4.C15H17N3O2.C12H11ClN2.C7H12O4.Li.Na.H2O.H/c1-4-24-18(22)15(19(23)25-5-2)11-16-20-12-13(3)17(21-16)14-9-7-6-8-10-14;1-3-23-17(22)13(16(20)21)9-14-18-10-11(2)15(19-14)12-7-5-4-6-8-12;1-2-20-14(19)9-8-13-17-10-12(16)15(18-13)11-6-4-3-5-7-11;1-9-8-14-11(7-13)15-12(9)10-5-3-2-4-6-10;1-3-10-6(8)5-7(9)11-4-2;;;;/h6-10,12,15H,4-5,11H2,1-3H3;4-8,10,13H,3,9H2,1-2H3,(H,20,21);3-7,10H,2,8-9,16H2,1H3;2-6,8H,7H2,1H3;3-5H2,1-2H3;;;1H2;/q;;;;;2*+1;;-1/p-1. The first-order valence-corrected chi connectivity index (χ1v) is 30.9. The van der Waals surface area contributed by atoms with Gasteiger partial charge in [0.2, 0.25) is 0 Å². The smallest absolute Gasteiger partial charge is 1.00 e. The number of aryl methyl sites for hydroxylation is 4. The number of carbonyl (C=O) groups is 7. The molecule has 1 atom stereocenters. The van der Waals surface area contributed by atoms with Gasteiger partial charge in [0.05, 0.1) is 86.6 Å². The Kier molecular flexibility index (Phi) is 42.6. The average Bonchev–Trinajstić information content (AvgIpc) is 0.856. The van der Waals surface area contributed by atoms with Crippen molar-refractivity contribution in [2.75, 3.05) is 45.4 Å². The van der Waals surface area contributed by atoms with Crippen molar-refractivity contribution in [1.82, 2.24) is 39.9 Å². The Morgan fingerprint density at radius 2 is 0.742 bits per heavy atom. The van der Waals surface area contributed by atoms with Crippen molar-refractivity contribution in [3.8, 4) is 45.0 Å². The van der Waals surface area contributed by atoms with Gasteiger partial charge in [0.25, 0.3) is 0 Å². The third-order valence-electron chi connectivity index (χ3n) is 12.8. The number of esters is 6. The number of nitrogens with zero attached hydrogens (tertiary/aromatic N) is 8. The van der Waals surface area contributed by atoms with Gasteiger partial charge in [-0.1, -0.05) is 121 Å². The number of carbonyl (C=O) groups excluding carboxylic acids is 6. The fraction of sp³-hybridized carbons (Fsp3) is 0.329. The first-order valence-electron chi connectivity index (χ1n) is 30.4. The van der Waals surface area contributed by atoms with Gasteiger partial charge in [-0.15, -0.1) is 11.6 Å². The number of halogens is 1. The number of benzene rings is 4. The molecule has 0 aliphatic rings. The molecule has 0 spiro atoms. The molecular formula is C70H82ClLiN9NaO15. The van der Waals surface area contributed by atoms with Gasteiger partial charge < -0.3 is 46.2 Å². The number of anilines is 1. The normalized spacial score (nSPS) is 10.2. The third-order valence-corrected chi connectivity index (χ3v) is 13.0. The number of rotatable bonds is 24. The van der Waals surface area contributed by atoms with Crippen LogP contribution in [-0.2, 0) is 87.1 Å². The fourth-order valence-electron chi connectivity index (χ4n) is 8.35. The van der Waals surface area contributed by atoms with Gasteiger partial charge >= 0.3 is 90.2 Å². The van der Waals surface area contributed by atoms with E-state index in [0.29, 0.717) is 53.6 Å². The van der Waals surface area contributed by atoms with E-state index in [0.717, 1.165) is 56.0 Å². The molecule has 24 nitrogen and oxygen atoms in total. The second-order valence-electron chi connectivity index (χ2n) is 19.8. The number of hydrogen-bond acceptors (Lipinski definition) is 23. The summed E-state index contributed by atoms with van der Waals surface area (Å²) in [6.45, 7) is 17.4. The van der Waals surface area contributed by atoms with Gasteiger partial charge in [0, 0.05) is 60.1 Å². The van der Waals surface area contributed by atoms with Crippen molar-refractivity contribution < 1.29 is 122 Å². The molecule has 0 saturated heterocycles. The van der Waals surface area contributed by atoms with Gasteiger partial charge in [-0.05, 0) is 79.0 Å². The molecule has 0 aliphatic heterocycles. The zero-order valence-electron chi connectivity index (χ0n) is 57.7. The van der Waals surface area contributed by atoms with Gasteiger partial charge in [-0.25, -0.2) is 39.9 Å². The van der Waals surface area contributed by atoms with Crippen molar-refractivity contribution in [3.05, 3.63) is 186 Å². The summed E-state index contributed by atoms with van der Waals surface area (Å²) in [5, 5.41) is 9.22. The third kappa shape index (κ3) is 30.4. The summed E-state index contributed by atoms with van der Waals surface area (Å²) in [6, 6.07) is 38.9. The van der Waals surface area contributed by atoms with Crippen LogP contribution in [0.25, 0.3) is 45.0 Å². The Bertz CT molecular complexity index is 3680. The number of carboxylic acid groups (broad SMARTS) is 1. The van der Waals surface area contributed by atoms with Gasteiger partial charge in [0.1, 0.15) is 29.7 Å². The molecule has 1 unspecified atom stereocenters. The number of nitrogen functional groups attached to an aromatic ring is 1. The molecule has 0 bridgehead atoms. The minimum Gasteiger partial charge on any atom is -1.00 e. The maximum Gasteiger partial charge on any atom is 1.00 e. The maximum atomic E-state index is 12.1. The van der Waals surface area contributed by atoms with E-state index in [-0.39, 0.29) is 120 Å². The van der Waals surface area contributed by atoms with Gasteiger partial charge in [-0.2, -0.15) is 0 Å². The number of hydrogen-bond donors (Lipinski definition) is 2. The Labute approximate surface area is 605 Å². The summed E-state index contributed by atoms with van der Waals surface area (Å²) in [5.74, 6) is -4.63. The van der Waals surface area contributed by atoms with E-state index in [1.165, 1.54) is 0 Å². The van der Waals surface area contributed by atoms with Crippen LogP contribution in [0.3, 0.4) is 0 Å². The fourth-order valence-corrected chi connectivity index (χ4v) is 8.48. The van der Waals surface area contributed by atoms with E-state index in [2.05, 4.69) is 49.3 Å². The van der Waals surface area contributed by atoms with Crippen molar-refractivity contribution in [2.45, 2.75) is 100 Å². The minimum atomic E-state index is -1.30. The van der Waals surface area contributed by atoms with E-state index in [4.69, 9.17) is 36.3 Å². The molecule has 0 amide bonds. The summed E-state index contributed by atoms with van der Waals surface area (Å²) in [7, 11) is 0. The van der Waals surface area contributed by atoms with E-state index in [1.807, 2.05) is 148 Å². The first kappa shape index (κ1) is 86.1. The molecule has 8 aromatic rings. The molecule has 0 aliphatic carbocycles. The number of ether oxygens (including phenoxy) is 6. The van der Waals surface area contributed by atoms with Crippen LogP contribution in [0.1, 0.15) is 95.8 Å². The maximum absolute atomic E-state index is 12.1. The minimum absolute atomic E-state index is 0. The van der Waals surface area contributed by atoms with Crippen molar-refractivity contribution in [3.63, 3.8) is 0 Å². The number of aromatic nitrogens is 8. The SMILES string of the molecule is CCOC(=O)C(Cc1ncc(C)c(-c2ccccc2)n1)C(=O)O.CCOC(=O)C(Cc1ncc(C)c(-c2ccccc2)n1)C(=O)OCC.CCOC(=O)CC(=O)OCC.CCOC(=O)CCc1ncc(N)c(-c2ccccc2)n1.Cc1cnc(CCl)nc1-c1ccccc1.[H-].[Li+].[Na+].[OH-]. The van der Waals surface area contributed by atoms with Crippen LogP contribution in [0.5, 0.6) is 0 Å². The van der Waals surface area contributed by atoms with Crippen LogP contribution >= 0.6 is 11.6 Å². The summed E-state index contributed by atoms with van der Waals surface area (Å²) in [6.07, 6.45) is 7.08. The number of aliphatic carboxylic acids is 1. The first-order chi connectivity index (χ1) is 45.3. The molecule has 27 heteroatoms. The zero-order valence-corrected chi connectivity index (χ0v) is 59.5. The number of carboxylic acids is 1. The van der Waals surface area contributed by atoms with Crippen LogP contribution in [0.15, 0.2) is 146 Å². The summed E-state index contributed by atoms with van der Waals surface area (Å²) < 4.78 is 28.7. The van der Waals surface area contributed by atoms with Crippen LogP contribution in [0, 0.1) is 32.6 Å². The summed E-state index contributed by atoms with van der Waals surface area (Å²) in [5.41, 5.74) is 16.3. The predicted molar refractivity (Wildman–Crippen MR) is 356 cm³/mol. The average molecular weight is 1350 g/mol. The second kappa shape index (κ2) is 47.9. The summed E-state index contributed by atoms with van der Waals surface area (Å²) in [4.78, 5) is 114. The van der Waals surface area contributed by atoms with Crippen molar-refractivity contribution in [1.29, 1.82) is 0 Å². The topological polar surface area (TPSA) is 354 Å². The van der Waals surface area contributed by atoms with Crippen LogP contribution in [0.2, 0.25) is 0 Å². The summed E-state index contributed by atoms with van der Waals surface area (Å²) >= 11 is 5.71. The Morgan fingerprint density at radius 1 is 0.443 bits per heavy atom. The molecule has 0 fully saturated rings. The Balaban J connectivity index is 0.00000122. The molecule has 4 aromatic heterocycles. The number of nitrogens with two attached hydrogens (primary N) is 1. The zero-order chi connectivity index (χ0) is 68.8. The molecule has 97 heavy (non-hydrogen) atoms. The Morgan fingerprint density at radius 3 is 1.09 bits per heavy atom. The monoisotopic (exact) mass is 1350 g/mol. The van der Waals surface area contributed by atoms with Gasteiger partial charge in [-0.3, -0.25) is 33.6 Å². The van der Waals surface area contributed by atoms with Gasteiger partial charge in [0.15, 0.2) is 11.8 Å². The van der Waals surface area contributed by atoms with Crippen LogP contribution in [-0.4, -0.2) is 132 Å². The largest absolute Gasteiger partial charge is 1.00 e. The van der Waals surface area contributed by atoms with E-state index >= 15 is 0 Å². The molecular weight excluding hydrogens is 1270 g/mol. The van der Waals surface area contributed by atoms with Crippen molar-refractivity contribution >= 4 is 59.1 Å². The second-order valence-corrected chi connectivity index (χ2v) is 20.1. The van der Waals surface area contributed by atoms with Crippen LogP contribution in [0.4, 0.5) is 5.69 Å². The van der Waals surface area contributed by atoms with E-state index in [9.17, 15) is 38.7 Å². The quantitative estimate of drug-likeness (QED) is 0.0268. The predicted octanol–water partition coefficient (Wildman–Crippen LogP) is 4.85. The molecule has 506 valence electrons. The van der Waals surface area contributed by atoms with Crippen molar-refractivity contribution in [2.24, 2.45) is 11.8 Å². The molecule has 4 heterocycles.